The molecule has 0 atom stereocenters. The van der Waals surface area contributed by atoms with E-state index in [1.165, 1.54) is 7.11 Å². The highest BCUT2D eigenvalue weighted by Gasteiger charge is 2.18. The van der Waals surface area contributed by atoms with Gasteiger partial charge in [-0.1, -0.05) is 48.5 Å². The first-order valence-electron chi connectivity index (χ1n) is 8.76. The van der Waals surface area contributed by atoms with Crippen LogP contribution in [0.5, 0.6) is 11.5 Å². The normalized spacial score (nSPS) is 11.5. The quantitative estimate of drug-likeness (QED) is 0.480. The molecule has 0 bridgehead atoms. The lowest BCUT2D eigenvalue weighted by Gasteiger charge is -2.12. The molecule has 28 heavy (non-hydrogen) atoms. The molecular formula is C22H19NO4S. The van der Waals surface area contributed by atoms with Gasteiger partial charge in [0.05, 0.1) is 7.11 Å². The largest absolute Gasteiger partial charge is 0.493 e. The number of fused-ring (bicyclic) bond motifs is 1. The Kier molecular flexibility index (Phi) is 4.79. The second kappa shape index (κ2) is 7.40. The molecule has 0 unspecified atom stereocenters. The molecular weight excluding hydrogens is 374 g/mol. The number of hydrogen-bond acceptors (Lipinski definition) is 4. The summed E-state index contributed by atoms with van der Waals surface area (Å²) in [6.07, 6.45) is 0. The molecule has 0 spiro atoms. The molecule has 1 heterocycles. The van der Waals surface area contributed by atoms with Crippen molar-refractivity contribution in [1.82, 2.24) is 4.98 Å². The van der Waals surface area contributed by atoms with E-state index in [9.17, 15) is 8.42 Å². The molecule has 142 valence electrons. The first kappa shape index (κ1) is 18.1. The molecule has 0 amide bonds. The van der Waals surface area contributed by atoms with E-state index in [1.54, 1.807) is 42.5 Å². The fraction of sp³-hybridized carbons (Fsp3) is 0.0909. The van der Waals surface area contributed by atoms with E-state index in [4.69, 9.17) is 8.92 Å². The van der Waals surface area contributed by atoms with Gasteiger partial charge in [0, 0.05) is 22.2 Å². The van der Waals surface area contributed by atoms with Gasteiger partial charge in [-0.05, 0) is 35.9 Å². The molecule has 0 aliphatic heterocycles. The van der Waals surface area contributed by atoms with Crippen LogP contribution in [0.15, 0.2) is 78.9 Å². The highest BCUT2D eigenvalue weighted by Crippen LogP contribution is 2.34. The van der Waals surface area contributed by atoms with E-state index in [0.29, 0.717) is 11.3 Å². The minimum Gasteiger partial charge on any atom is -0.493 e. The lowest BCUT2D eigenvalue weighted by molar-refractivity contribution is 0.390. The van der Waals surface area contributed by atoms with Gasteiger partial charge in [-0.2, -0.15) is 8.42 Å². The molecule has 1 aromatic heterocycles. The molecule has 6 heteroatoms. The number of aromatic amines is 1. The van der Waals surface area contributed by atoms with E-state index < -0.39 is 10.1 Å². The number of H-pyrrole nitrogens is 1. The first-order valence-corrected chi connectivity index (χ1v) is 10.3. The van der Waals surface area contributed by atoms with E-state index >= 15 is 0 Å². The molecule has 4 rings (SSSR count). The van der Waals surface area contributed by atoms with Crippen molar-refractivity contribution < 1.29 is 17.3 Å². The Morgan fingerprint density at radius 2 is 1.61 bits per heavy atom. The lowest BCUT2D eigenvalue weighted by atomic mass is 10.1. The SMILES string of the molecule is COc1cc(-c2cc3ccccc3[nH]2)ccc1OS(=O)(=O)Cc1ccccc1. The molecule has 1 N–H and O–H groups in total. The smallest absolute Gasteiger partial charge is 0.313 e. The predicted octanol–water partition coefficient (Wildman–Crippen LogP) is 4.75. The number of ether oxygens (including phenoxy) is 1. The highest BCUT2D eigenvalue weighted by atomic mass is 32.2. The number of methoxy groups -OCH3 is 1. The van der Waals surface area contributed by atoms with Crippen molar-refractivity contribution in [2.45, 2.75) is 5.75 Å². The molecule has 0 fully saturated rings. The van der Waals surface area contributed by atoms with Crippen molar-refractivity contribution in [2.24, 2.45) is 0 Å². The summed E-state index contributed by atoms with van der Waals surface area (Å²) in [6.45, 7) is 0. The van der Waals surface area contributed by atoms with Gasteiger partial charge in [-0.25, -0.2) is 0 Å². The molecule has 0 aliphatic rings. The topological polar surface area (TPSA) is 68.4 Å². The Hall–Kier alpha value is -3.25. The van der Waals surface area contributed by atoms with Crippen molar-refractivity contribution in [3.05, 3.63) is 84.4 Å². The van der Waals surface area contributed by atoms with Crippen molar-refractivity contribution in [3.8, 4) is 22.8 Å². The Labute approximate surface area is 163 Å². The first-order chi connectivity index (χ1) is 13.5. The lowest BCUT2D eigenvalue weighted by Crippen LogP contribution is -2.12. The third kappa shape index (κ3) is 3.87. The van der Waals surface area contributed by atoms with Gasteiger partial charge in [-0.3, -0.25) is 0 Å². The van der Waals surface area contributed by atoms with Gasteiger partial charge >= 0.3 is 10.1 Å². The maximum Gasteiger partial charge on any atom is 0.313 e. The van der Waals surface area contributed by atoms with Crippen molar-refractivity contribution >= 4 is 21.0 Å². The summed E-state index contributed by atoms with van der Waals surface area (Å²) in [4.78, 5) is 3.35. The number of nitrogens with one attached hydrogen (secondary N) is 1. The highest BCUT2D eigenvalue weighted by molar-refractivity contribution is 7.86. The average molecular weight is 393 g/mol. The summed E-state index contributed by atoms with van der Waals surface area (Å²) in [7, 11) is -2.32. The number of para-hydroxylation sites is 1. The maximum atomic E-state index is 12.4. The summed E-state index contributed by atoms with van der Waals surface area (Å²) in [5.41, 5.74) is 3.48. The van der Waals surface area contributed by atoms with Crippen molar-refractivity contribution in [3.63, 3.8) is 0 Å². The van der Waals surface area contributed by atoms with Gasteiger partial charge in [0.15, 0.2) is 11.5 Å². The van der Waals surface area contributed by atoms with Crippen LogP contribution in [0.4, 0.5) is 0 Å². The Morgan fingerprint density at radius 3 is 2.36 bits per heavy atom. The van der Waals surface area contributed by atoms with E-state index in [2.05, 4.69) is 4.98 Å². The van der Waals surface area contributed by atoms with Crippen molar-refractivity contribution in [1.29, 1.82) is 0 Å². The van der Waals surface area contributed by atoms with Gasteiger partial charge in [-0.15, -0.1) is 0 Å². The van der Waals surface area contributed by atoms with Gasteiger partial charge in [0.2, 0.25) is 0 Å². The zero-order valence-corrected chi connectivity index (χ0v) is 16.1. The van der Waals surface area contributed by atoms with Crippen molar-refractivity contribution in [2.75, 3.05) is 7.11 Å². The zero-order chi connectivity index (χ0) is 19.6. The standard InChI is InChI=1S/C22H19NO4S/c1-26-22-14-18(20-13-17-9-5-6-10-19(17)23-20)11-12-21(22)27-28(24,25)15-16-7-3-2-4-8-16/h2-14,23H,15H2,1H3. The third-order valence-corrected chi connectivity index (χ3v) is 5.53. The fourth-order valence-electron chi connectivity index (χ4n) is 3.08. The van der Waals surface area contributed by atoms with Crippen LogP contribution in [0.1, 0.15) is 5.56 Å². The van der Waals surface area contributed by atoms with Crippen LogP contribution >= 0.6 is 0 Å². The monoisotopic (exact) mass is 393 g/mol. The predicted molar refractivity (Wildman–Crippen MR) is 110 cm³/mol. The van der Waals surface area contributed by atoms with Crippen LogP contribution in [-0.4, -0.2) is 20.5 Å². The Balaban J connectivity index is 1.62. The average Bonchev–Trinajstić information content (AvgIpc) is 3.12. The van der Waals surface area contributed by atoms with Crippen LogP contribution in [0.2, 0.25) is 0 Å². The minimum absolute atomic E-state index is 0.165. The molecule has 0 radical (unpaired) electrons. The molecule has 0 saturated heterocycles. The molecule has 0 saturated carbocycles. The van der Waals surface area contributed by atoms with E-state index in [1.807, 2.05) is 36.4 Å². The van der Waals surface area contributed by atoms with Crippen LogP contribution in [0, 0.1) is 0 Å². The van der Waals surface area contributed by atoms with Crippen LogP contribution in [0.25, 0.3) is 22.2 Å². The van der Waals surface area contributed by atoms with Gasteiger partial charge in [0.1, 0.15) is 5.75 Å². The van der Waals surface area contributed by atoms with Crippen LogP contribution < -0.4 is 8.92 Å². The summed E-state index contributed by atoms with van der Waals surface area (Å²) >= 11 is 0. The third-order valence-electron chi connectivity index (χ3n) is 4.41. The van der Waals surface area contributed by atoms with Crippen LogP contribution in [-0.2, 0) is 15.9 Å². The summed E-state index contributed by atoms with van der Waals surface area (Å²) in [5, 5.41) is 1.10. The number of benzene rings is 3. The summed E-state index contributed by atoms with van der Waals surface area (Å²) in [6, 6.07) is 24.1. The molecule has 5 nitrogen and oxygen atoms in total. The van der Waals surface area contributed by atoms with Gasteiger partial charge in [0.25, 0.3) is 0 Å². The van der Waals surface area contributed by atoms with Gasteiger partial charge < -0.3 is 13.9 Å². The zero-order valence-electron chi connectivity index (χ0n) is 15.3. The summed E-state index contributed by atoms with van der Waals surface area (Å²) in [5.74, 6) is 0.312. The molecule has 0 aliphatic carbocycles. The molecule has 4 aromatic rings. The number of rotatable bonds is 6. The van der Waals surface area contributed by atoms with E-state index in [0.717, 1.165) is 22.2 Å². The number of hydrogen-bond donors (Lipinski definition) is 1. The second-order valence-electron chi connectivity index (χ2n) is 6.41. The Morgan fingerprint density at radius 1 is 0.857 bits per heavy atom. The maximum absolute atomic E-state index is 12.4. The van der Waals surface area contributed by atoms with Crippen LogP contribution in [0.3, 0.4) is 0 Å². The second-order valence-corrected chi connectivity index (χ2v) is 7.98. The van der Waals surface area contributed by atoms with E-state index in [-0.39, 0.29) is 11.5 Å². The number of aromatic nitrogens is 1. The Bertz CT molecular complexity index is 1180. The minimum atomic E-state index is -3.81. The molecule has 3 aromatic carbocycles. The summed E-state index contributed by atoms with van der Waals surface area (Å²) < 4.78 is 35.5. The fourth-order valence-corrected chi connectivity index (χ4v) is 4.15.